The first-order valence-electron chi connectivity index (χ1n) is 44.3. The van der Waals surface area contributed by atoms with Crippen LogP contribution in [0.3, 0.4) is 0 Å². The van der Waals surface area contributed by atoms with Gasteiger partial charge in [-0.2, -0.15) is 0 Å². The van der Waals surface area contributed by atoms with E-state index in [2.05, 4.69) is 479 Å². The standard InChI is InChI=1S/2C62H38N2/c1-2-15-40-34-45(31-28-39(40)14-1)64-59-27-12-10-23-51(59)56-37-42(30-33-61(56)64)41-29-32-60-55(36-41)50-22-9-11-26-58(50)63(60)44-17-13-16-43(35-44)54-38-57-48-20-4-3-18-46(48)47-19-5-7-24-52(47)62(57)53-25-8-6-21-49(53)54;1-2-14-41-35-45(32-25-39(41)13-1)64-59-24-12-10-20-51(59)56-37-43(29-34-61(56)64)42-28-33-60-55(36-42)50-19-9-11-23-58(50)63(60)44-30-26-40(27-31-44)54-38-57-48-17-4-3-15-46(48)47-16-5-7-21-52(47)62(57)53-22-8-6-18-49(53)54/h2*1-38H. The van der Waals surface area contributed by atoms with E-state index < -0.39 is 0 Å². The van der Waals surface area contributed by atoms with Crippen LogP contribution in [0.4, 0.5) is 0 Å². The first-order valence-corrected chi connectivity index (χ1v) is 44.3. The van der Waals surface area contributed by atoms with Crippen LogP contribution in [-0.4, -0.2) is 18.3 Å². The maximum absolute atomic E-state index is 2.45. The number of rotatable bonds is 8. The second kappa shape index (κ2) is 28.3. The molecule has 4 aromatic heterocycles. The summed E-state index contributed by atoms with van der Waals surface area (Å²) in [6.07, 6.45) is 0. The van der Waals surface area contributed by atoms with Crippen LogP contribution >= 0.6 is 0 Å². The lowest BCUT2D eigenvalue weighted by Crippen LogP contribution is -1.95. The van der Waals surface area contributed by atoms with E-state index in [1.54, 1.807) is 0 Å². The van der Waals surface area contributed by atoms with E-state index in [-0.39, 0.29) is 0 Å². The zero-order chi connectivity index (χ0) is 83.8. The number of benzene rings is 24. The fraction of sp³-hybridized carbons (Fsp3) is 0. The van der Waals surface area contributed by atoms with Crippen molar-refractivity contribution in [1.29, 1.82) is 0 Å². The molecule has 0 unspecified atom stereocenters. The normalized spacial score (nSPS) is 12.1. The lowest BCUT2D eigenvalue weighted by atomic mass is 9.87. The molecule has 128 heavy (non-hydrogen) atoms. The SMILES string of the molecule is c1cc(-c2cc3c4ccccc4c4ccccc4c3c3ccccc23)cc(-n2c3ccccc3c3cc(-c4ccc5c(c4)c4ccccc4n5-c4ccc5ccccc5c4)ccc32)c1.c1ccc2cc(-n3c4ccccc4c4cc(-c5ccc6c(c5)c5ccccc5n6-c5ccc(-c6cc7c8ccccc8c8ccccc8c7c7ccccc67)cc5)ccc43)ccc2c1. The van der Waals surface area contributed by atoms with Gasteiger partial charge >= 0.3 is 0 Å². The summed E-state index contributed by atoms with van der Waals surface area (Å²) in [5, 5.41) is 35.6. The summed E-state index contributed by atoms with van der Waals surface area (Å²) >= 11 is 0. The van der Waals surface area contributed by atoms with E-state index in [0.29, 0.717) is 0 Å². The van der Waals surface area contributed by atoms with Crippen LogP contribution in [-0.2, 0) is 0 Å². The van der Waals surface area contributed by atoms with E-state index in [1.807, 2.05) is 0 Å². The molecule has 0 aliphatic carbocycles. The molecule has 0 saturated carbocycles. The van der Waals surface area contributed by atoms with E-state index in [4.69, 9.17) is 0 Å². The maximum atomic E-state index is 2.45. The average Bonchev–Trinajstić information content (AvgIpc) is 1.25. The van der Waals surface area contributed by atoms with Gasteiger partial charge in [-0.25, -0.2) is 0 Å². The van der Waals surface area contributed by atoms with Crippen molar-refractivity contribution in [3.63, 3.8) is 0 Å². The number of para-hydroxylation sites is 4. The van der Waals surface area contributed by atoms with Crippen LogP contribution in [0.15, 0.2) is 461 Å². The molecule has 4 heteroatoms. The fourth-order valence-electron chi connectivity index (χ4n) is 22.0. The molecular weight excluding hydrogens is 1550 g/mol. The van der Waals surface area contributed by atoms with Crippen LogP contribution in [0.1, 0.15) is 0 Å². The van der Waals surface area contributed by atoms with Crippen LogP contribution in [0, 0.1) is 0 Å². The minimum absolute atomic E-state index is 1.15. The van der Waals surface area contributed by atoms with Crippen molar-refractivity contribution < 1.29 is 0 Å². The highest BCUT2D eigenvalue weighted by Gasteiger charge is 2.24. The Morgan fingerprint density at radius 3 is 0.727 bits per heavy atom. The second-order valence-electron chi connectivity index (χ2n) is 34.5. The Hall–Kier alpha value is -16.9. The van der Waals surface area contributed by atoms with Crippen LogP contribution in [0.5, 0.6) is 0 Å². The van der Waals surface area contributed by atoms with Crippen molar-refractivity contribution >= 4 is 195 Å². The number of fused-ring (bicyclic) bond motifs is 30. The molecule has 0 bridgehead atoms. The topological polar surface area (TPSA) is 19.7 Å². The highest BCUT2D eigenvalue weighted by Crippen LogP contribution is 2.49. The van der Waals surface area contributed by atoms with Gasteiger partial charge in [0.25, 0.3) is 0 Å². The summed E-state index contributed by atoms with van der Waals surface area (Å²) in [6.45, 7) is 0. The monoisotopic (exact) mass is 1620 g/mol. The first kappa shape index (κ1) is 71.6. The average molecular weight is 1620 g/mol. The van der Waals surface area contributed by atoms with Crippen molar-refractivity contribution in [2.24, 2.45) is 0 Å². The molecule has 28 rings (SSSR count). The molecule has 0 radical (unpaired) electrons. The van der Waals surface area contributed by atoms with Gasteiger partial charge in [-0.05, 0) is 286 Å². The fourth-order valence-corrected chi connectivity index (χ4v) is 22.0. The summed E-state index contributed by atoms with van der Waals surface area (Å²) in [5.74, 6) is 0. The molecule has 4 nitrogen and oxygen atoms in total. The third-order valence-corrected chi connectivity index (χ3v) is 27.7. The lowest BCUT2D eigenvalue weighted by Gasteiger charge is -2.17. The zero-order valence-electron chi connectivity index (χ0n) is 69.7. The number of hydrogen-bond acceptors (Lipinski definition) is 0. The summed E-state index contributed by atoms with van der Waals surface area (Å²) in [6, 6.07) is 171. The van der Waals surface area contributed by atoms with Gasteiger partial charge in [0, 0.05) is 65.8 Å². The molecule has 28 aromatic rings. The highest BCUT2D eigenvalue weighted by molar-refractivity contribution is 6.35. The van der Waals surface area contributed by atoms with Gasteiger partial charge in [0.05, 0.1) is 44.1 Å². The Morgan fingerprint density at radius 2 is 0.359 bits per heavy atom. The maximum Gasteiger partial charge on any atom is 0.0541 e. The molecule has 0 fully saturated rings. The molecule has 4 heterocycles. The number of aromatic nitrogens is 4. The second-order valence-corrected chi connectivity index (χ2v) is 34.5. The Kier molecular flexibility index (Phi) is 15.8. The van der Waals surface area contributed by atoms with Crippen molar-refractivity contribution in [2.75, 3.05) is 0 Å². The largest absolute Gasteiger partial charge is 0.309 e. The van der Waals surface area contributed by atoms with Crippen LogP contribution < -0.4 is 0 Å². The van der Waals surface area contributed by atoms with Crippen molar-refractivity contribution in [3.05, 3.63) is 461 Å². The lowest BCUT2D eigenvalue weighted by molar-refractivity contribution is 1.18. The molecule has 0 aliphatic rings. The molecule has 0 saturated heterocycles. The Morgan fingerprint density at radius 1 is 0.109 bits per heavy atom. The van der Waals surface area contributed by atoms with E-state index >= 15 is 0 Å². The van der Waals surface area contributed by atoms with E-state index in [0.717, 1.165) is 11.4 Å². The predicted octanol–water partition coefficient (Wildman–Crippen LogP) is 34.0. The molecule has 0 spiro atoms. The summed E-state index contributed by atoms with van der Waals surface area (Å²) in [7, 11) is 0. The van der Waals surface area contributed by atoms with Gasteiger partial charge in [-0.15, -0.1) is 0 Å². The summed E-state index contributed by atoms with van der Waals surface area (Å²) in [4.78, 5) is 0. The molecular formula is C124H76N4. The van der Waals surface area contributed by atoms with Crippen LogP contribution in [0.25, 0.3) is 262 Å². The van der Waals surface area contributed by atoms with Gasteiger partial charge in [0.1, 0.15) is 0 Å². The molecule has 0 aliphatic heterocycles. The van der Waals surface area contributed by atoms with Crippen LogP contribution in [0.2, 0.25) is 0 Å². The van der Waals surface area contributed by atoms with Gasteiger partial charge in [-0.3, -0.25) is 0 Å². The van der Waals surface area contributed by atoms with Gasteiger partial charge < -0.3 is 18.3 Å². The van der Waals surface area contributed by atoms with Crippen molar-refractivity contribution in [1.82, 2.24) is 18.3 Å². The van der Waals surface area contributed by atoms with Gasteiger partial charge in [0.15, 0.2) is 0 Å². The molecule has 0 amide bonds. The van der Waals surface area contributed by atoms with Gasteiger partial charge in [0.2, 0.25) is 0 Å². The van der Waals surface area contributed by atoms with E-state index in [1.165, 1.54) is 251 Å². The minimum atomic E-state index is 1.15. The summed E-state index contributed by atoms with van der Waals surface area (Å²) < 4.78 is 9.70. The van der Waals surface area contributed by atoms with Gasteiger partial charge in [-0.1, -0.05) is 328 Å². The third-order valence-electron chi connectivity index (χ3n) is 27.7. The third kappa shape index (κ3) is 11.0. The van der Waals surface area contributed by atoms with Crippen molar-refractivity contribution in [3.8, 4) is 67.3 Å². The Balaban J connectivity index is 0.000000132. The Bertz CT molecular complexity index is 9600. The Labute approximate surface area is 736 Å². The summed E-state index contributed by atoms with van der Waals surface area (Å²) in [5.41, 5.74) is 24.0. The van der Waals surface area contributed by atoms with E-state index in [9.17, 15) is 0 Å². The number of nitrogens with zero attached hydrogens (tertiary/aromatic N) is 4. The molecule has 24 aromatic carbocycles. The highest BCUT2D eigenvalue weighted by atomic mass is 15.0. The number of hydrogen-bond donors (Lipinski definition) is 0. The molecule has 0 atom stereocenters. The smallest absolute Gasteiger partial charge is 0.0541 e. The predicted molar refractivity (Wildman–Crippen MR) is 547 cm³/mol. The first-order chi connectivity index (χ1) is 63.5. The molecule has 0 N–H and O–H groups in total. The molecule has 592 valence electrons. The quantitative estimate of drug-likeness (QED) is 0.135. The minimum Gasteiger partial charge on any atom is -0.309 e. The van der Waals surface area contributed by atoms with Crippen molar-refractivity contribution in [2.45, 2.75) is 0 Å². The zero-order valence-corrected chi connectivity index (χ0v) is 69.7.